The fourth-order valence-corrected chi connectivity index (χ4v) is 4.01. The molecule has 0 aromatic carbocycles. The Bertz CT molecular complexity index is 791. The van der Waals surface area contributed by atoms with Crippen LogP contribution in [0.1, 0.15) is 51.3 Å². The van der Waals surface area contributed by atoms with Gasteiger partial charge in [-0.05, 0) is 43.9 Å². The van der Waals surface area contributed by atoms with E-state index in [1.807, 2.05) is 6.08 Å². The minimum atomic E-state index is -0.0399. The van der Waals surface area contributed by atoms with Crippen LogP contribution in [0.3, 0.4) is 0 Å². The zero-order valence-electron chi connectivity index (χ0n) is 15.3. The van der Waals surface area contributed by atoms with E-state index < -0.39 is 0 Å². The lowest BCUT2D eigenvalue weighted by Gasteiger charge is -2.09. The smallest absolute Gasteiger partial charge is 0.280 e. The van der Waals surface area contributed by atoms with Gasteiger partial charge in [-0.25, -0.2) is 4.98 Å². The molecule has 0 bridgehead atoms. The molecule has 1 saturated carbocycles. The summed E-state index contributed by atoms with van der Waals surface area (Å²) in [4.78, 5) is 25.0. The highest BCUT2D eigenvalue weighted by Crippen LogP contribution is 2.35. The number of aromatic nitrogens is 4. The number of allylic oxidation sites excluding steroid dienone is 1. The second kappa shape index (κ2) is 7.85. The number of anilines is 1. The molecule has 6 heteroatoms. The molecule has 0 amide bonds. The molecule has 2 unspecified atom stereocenters. The second-order valence-corrected chi connectivity index (χ2v) is 7.13. The van der Waals surface area contributed by atoms with Crippen molar-refractivity contribution in [3.05, 3.63) is 28.8 Å². The summed E-state index contributed by atoms with van der Waals surface area (Å²) >= 11 is 0. The van der Waals surface area contributed by atoms with Gasteiger partial charge in [-0.15, -0.1) is 6.58 Å². The average Bonchev–Trinajstić information content (AvgIpc) is 3.22. The van der Waals surface area contributed by atoms with Crippen LogP contribution in [0.4, 0.5) is 5.95 Å². The summed E-state index contributed by atoms with van der Waals surface area (Å²) in [6, 6.07) is 0. The monoisotopic (exact) mass is 343 g/mol. The van der Waals surface area contributed by atoms with Gasteiger partial charge in [0.15, 0.2) is 11.2 Å². The standard InChI is InChI=1S/C19H29N5O/c1-4-6-13-7-8-14(12-13)9-10-15-21-16-17(22-15)23-19(20-3)24(11-5-2)18(16)25/h4,13-14H,1,5-12H2,2-3H3,(H,20,23)(H,21,22). The van der Waals surface area contributed by atoms with Crippen LogP contribution in [0.5, 0.6) is 0 Å². The van der Waals surface area contributed by atoms with E-state index in [1.165, 1.54) is 19.3 Å². The van der Waals surface area contributed by atoms with Crippen molar-refractivity contribution in [1.29, 1.82) is 0 Å². The van der Waals surface area contributed by atoms with E-state index in [2.05, 4.69) is 33.8 Å². The molecule has 2 N–H and O–H groups in total. The van der Waals surface area contributed by atoms with E-state index in [0.717, 1.165) is 43.3 Å². The number of rotatable bonds is 8. The molecule has 1 aliphatic carbocycles. The van der Waals surface area contributed by atoms with Crippen molar-refractivity contribution in [3.63, 3.8) is 0 Å². The molecule has 2 heterocycles. The second-order valence-electron chi connectivity index (χ2n) is 7.13. The van der Waals surface area contributed by atoms with E-state index in [9.17, 15) is 4.79 Å². The fourth-order valence-electron chi connectivity index (χ4n) is 4.01. The van der Waals surface area contributed by atoms with Gasteiger partial charge in [-0.2, -0.15) is 4.98 Å². The van der Waals surface area contributed by atoms with Crippen molar-refractivity contribution in [2.24, 2.45) is 11.8 Å². The molecule has 1 fully saturated rings. The average molecular weight is 343 g/mol. The number of aryl methyl sites for hydroxylation is 1. The number of fused-ring (bicyclic) bond motifs is 1. The quantitative estimate of drug-likeness (QED) is 0.719. The topological polar surface area (TPSA) is 75.6 Å². The fraction of sp³-hybridized carbons (Fsp3) is 0.632. The van der Waals surface area contributed by atoms with Crippen LogP contribution < -0.4 is 10.9 Å². The number of nitrogens with one attached hydrogen (secondary N) is 2. The Morgan fingerprint density at radius 3 is 2.88 bits per heavy atom. The summed E-state index contributed by atoms with van der Waals surface area (Å²) in [7, 11) is 1.78. The van der Waals surface area contributed by atoms with Crippen LogP contribution >= 0.6 is 0 Å². The summed E-state index contributed by atoms with van der Waals surface area (Å²) in [5.74, 6) is 3.03. The Balaban J connectivity index is 1.74. The van der Waals surface area contributed by atoms with Crippen molar-refractivity contribution in [2.45, 2.75) is 58.4 Å². The SMILES string of the molecule is C=CCC1CCC(CCc2nc3nc(NC)n(CCC)c(=O)c3[nH]2)C1. The molecule has 25 heavy (non-hydrogen) atoms. The molecule has 2 aromatic rings. The lowest BCUT2D eigenvalue weighted by Crippen LogP contribution is -2.24. The van der Waals surface area contributed by atoms with Crippen molar-refractivity contribution in [2.75, 3.05) is 12.4 Å². The van der Waals surface area contributed by atoms with Crippen molar-refractivity contribution < 1.29 is 0 Å². The summed E-state index contributed by atoms with van der Waals surface area (Å²) in [6.07, 6.45) is 9.96. The van der Waals surface area contributed by atoms with Gasteiger partial charge in [0.2, 0.25) is 5.95 Å². The van der Waals surface area contributed by atoms with Gasteiger partial charge in [0.1, 0.15) is 5.82 Å². The third kappa shape index (κ3) is 3.78. The number of imidazole rings is 1. The van der Waals surface area contributed by atoms with Crippen LogP contribution in [-0.2, 0) is 13.0 Å². The first-order valence-electron chi connectivity index (χ1n) is 9.44. The highest BCUT2D eigenvalue weighted by molar-refractivity contribution is 5.71. The molecule has 0 saturated heterocycles. The maximum absolute atomic E-state index is 12.7. The van der Waals surface area contributed by atoms with Gasteiger partial charge in [0.25, 0.3) is 5.56 Å². The lowest BCUT2D eigenvalue weighted by atomic mass is 9.98. The lowest BCUT2D eigenvalue weighted by molar-refractivity contribution is 0.464. The van der Waals surface area contributed by atoms with Gasteiger partial charge in [0, 0.05) is 20.0 Å². The van der Waals surface area contributed by atoms with E-state index in [4.69, 9.17) is 0 Å². The van der Waals surface area contributed by atoms with E-state index in [-0.39, 0.29) is 5.56 Å². The summed E-state index contributed by atoms with van der Waals surface area (Å²) in [5.41, 5.74) is 1.01. The highest BCUT2D eigenvalue weighted by atomic mass is 16.1. The van der Waals surface area contributed by atoms with E-state index in [0.29, 0.717) is 23.7 Å². The van der Waals surface area contributed by atoms with Crippen molar-refractivity contribution in [3.8, 4) is 0 Å². The third-order valence-corrected chi connectivity index (χ3v) is 5.27. The van der Waals surface area contributed by atoms with Crippen LogP contribution in [0, 0.1) is 11.8 Å². The predicted molar refractivity (Wildman–Crippen MR) is 102 cm³/mol. The van der Waals surface area contributed by atoms with Crippen LogP contribution in [0.2, 0.25) is 0 Å². The van der Waals surface area contributed by atoms with Gasteiger partial charge >= 0.3 is 0 Å². The van der Waals surface area contributed by atoms with Gasteiger partial charge in [-0.3, -0.25) is 9.36 Å². The van der Waals surface area contributed by atoms with Crippen molar-refractivity contribution >= 4 is 17.1 Å². The Morgan fingerprint density at radius 2 is 2.16 bits per heavy atom. The first-order chi connectivity index (χ1) is 12.2. The number of nitrogens with zero attached hydrogens (tertiary/aromatic N) is 3. The molecular formula is C19H29N5O. The number of H-pyrrole nitrogens is 1. The number of aromatic amines is 1. The Kier molecular flexibility index (Phi) is 5.56. The molecule has 3 rings (SSSR count). The van der Waals surface area contributed by atoms with E-state index in [1.54, 1.807) is 11.6 Å². The first kappa shape index (κ1) is 17.7. The highest BCUT2D eigenvalue weighted by Gasteiger charge is 2.24. The summed E-state index contributed by atoms with van der Waals surface area (Å²) in [6.45, 7) is 6.55. The summed E-state index contributed by atoms with van der Waals surface area (Å²) < 4.78 is 1.68. The molecule has 2 atom stereocenters. The Labute approximate surface area is 148 Å². The van der Waals surface area contributed by atoms with Crippen LogP contribution in [0.25, 0.3) is 11.2 Å². The van der Waals surface area contributed by atoms with Crippen LogP contribution in [-0.4, -0.2) is 26.6 Å². The molecule has 0 radical (unpaired) electrons. The Hall–Kier alpha value is -2.11. The molecule has 0 aliphatic heterocycles. The molecule has 6 nitrogen and oxygen atoms in total. The molecule has 0 spiro atoms. The maximum atomic E-state index is 12.7. The number of hydrogen-bond donors (Lipinski definition) is 2. The van der Waals surface area contributed by atoms with Crippen LogP contribution in [0.15, 0.2) is 17.4 Å². The zero-order chi connectivity index (χ0) is 17.8. The predicted octanol–water partition coefficient (Wildman–Crippen LogP) is 3.50. The Morgan fingerprint density at radius 1 is 1.36 bits per heavy atom. The molecule has 1 aliphatic rings. The minimum Gasteiger partial charge on any atom is -0.359 e. The van der Waals surface area contributed by atoms with Gasteiger partial charge < -0.3 is 10.3 Å². The zero-order valence-corrected chi connectivity index (χ0v) is 15.3. The molecule has 2 aromatic heterocycles. The minimum absolute atomic E-state index is 0.0399. The molecular weight excluding hydrogens is 314 g/mol. The normalized spacial score (nSPS) is 20.2. The number of hydrogen-bond acceptors (Lipinski definition) is 4. The van der Waals surface area contributed by atoms with Gasteiger partial charge in [-0.1, -0.05) is 19.4 Å². The van der Waals surface area contributed by atoms with E-state index >= 15 is 0 Å². The van der Waals surface area contributed by atoms with Gasteiger partial charge in [0.05, 0.1) is 0 Å². The third-order valence-electron chi connectivity index (χ3n) is 5.27. The largest absolute Gasteiger partial charge is 0.359 e. The molecule has 136 valence electrons. The maximum Gasteiger partial charge on any atom is 0.280 e. The van der Waals surface area contributed by atoms with Crippen molar-refractivity contribution in [1.82, 2.24) is 19.5 Å². The first-order valence-corrected chi connectivity index (χ1v) is 9.44. The summed E-state index contributed by atoms with van der Waals surface area (Å²) in [5, 5.41) is 3.01.